The summed E-state index contributed by atoms with van der Waals surface area (Å²) in [5.41, 5.74) is 8.86. The molecule has 1 fully saturated rings. The normalized spacial score (nSPS) is 17.7. The number of hydrogen-bond acceptors (Lipinski definition) is 18. The molecule has 23 heteroatoms. The first-order chi connectivity index (χ1) is 40.3. The molecule has 0 aromatic heterocycles. The summed E-state index contributed by atoms with van der Waals surface area (Å²) < 4.78 is 63.1. The molecule has 3 atom stereocenters. The summed E-state index contributed by atoms with van der Waals surface area (Å²) in [5.74, 6) is -0.530. The van der Waals surface area contributed by atoms with E-state index in [-0.39, 0.29) is 71.9 Å². The van der Waals surface area contributed by atoms with Crippen LogP contribution in [0.5, 0.6) is 28.7 Å². The van der Waals surface area contributed by atoms with E-state index in [4.69, 9.17) is 33.5 Å². The van der Waals surface area contributed by atoms with Crippen molar-refractivity contribution in [3.05, 3.63) is 143 Å². The lowest BCUT2D eigenvalue weighted by atomic mass is 10.0. The molecule has 20 nitrogen and oxygen atoms in total. The number of ether oxygens (including phenoxy) is 5. The van der Waals surface area contributed by atoms with Crippen molar-refractivity contribution in [1.82, 2.24) is 14.9 Å². The highest BCUT2D eigenvalue weighted by Gasteiger charge is 2.40. The van der Waals surface area contributed by atoms with Crippen LogP contribution in [0.3, 0.4) is 0 Å². The number of carbonyl (C=O) groups is 5. The van der Waals surface area contributed by atoms with Crippen molar-refractivity contribution >= 4 is 95.7 Å². The van der Waals surface area contributed by atoms with Crippen LogP contribution >= 0.6 is 21.6 Å². The van der Waals surface area contributed by atoms with Crippen LogP contribution in [0.1, 0.15) is 95.3 Å². The van der Waals surface area contributed by atoms with Crippen LogP contribution in [-0.2, 0) is 42.6 Å². The standard InChI is InChI=1S/C61H64N6O14S3/c1-61(2,83-82-23-20-55(84(73,74)75)60(72)81-67-56(68)18-19-57(67)69)21-22-64(3)43-14-10-39(11-15-43)41-25-44-31-62-49-29-53(51(77-5)27-47(49)58(70)65(44)33-41)79-35-37-8-7-9-38(24-37)36-80-54-30-50-48(28-52(54)78-6)59(71)66-34-42(26-45(66)32-63-50)40-12-16-46(76-4)17-13-40/h7-17,24,27-30,32-34,44-45,55,62H,18-23,25-26,31,35-36H2,1-6H3,(H,73,74,75)/t44-,45-,55?/m0/s1. The third-order valence-electron chi connectivity index (χ3n) is 15.2. The Balaban J connectivity index is 0.711. The Morgan fingerprint density at radius 3 is 2.02 bits per heavy atom. The van der Waals surface area contributed by atoms with E-state index in [1.54, 1.807) is 49.3 Å². The second-order valence-corrected chi connectivity index (χ2v) is 26.1. The fraction of sp³-hybridized carbons (Fsp3) is 0.344. The van der Waals surface area contributed by atoms with Gasteiger partial charge in [0.15, 0.2) is 28.2 Å². The molecule has 4 amide bonds. The van der Waals surface area contributed by atoms with Gasteiger partial charge in [0.05, 0.1) is 55.9 Å². The van der Waals surface area contributed by atoms with Gasteiger partial charge in [0.25, 0.3) is 33.7 Å². The van der Waals surface area contributed by atoms with Gasteiger partial charge in [-0.05, 0) is 109 Å². The van der Waals surface area contributed by atoms with E-state index < -0.39 is 33.2 Å². The number of rotatable bonds is 23. The maximum absolute atomic E-state index is 14.3. The van der Waals surface area contributed by atoms with Crippen LogP contribution in [0.15, 0.2) is 114 Å². The summed E-state index contributed by atoms with van der Waals surface area (Å²) in [6, 6.07) is 30.4. The smallest absolute Gasteiger partial charge is 0.353 e. The van der Waals surface area contributed by atoms with Crippen molar-refractivity contribution in [2.45, 2.75) is 87.7 Å². The van der Waals surface area contributed by atoms with Gasteiger partial charge >= 0.3 is 5.97 Å². The molecule has 0 bridgehead atoms. The number of hydroxylamine groups is 2. The van der Waals surface area contributed by atoms with Crippen LogP contribution in [0, 0.1) is 0 Å². The average molecular weight is 1200 g/mol. The summed E-state index contributed by atoms with van der Waals surface area (Å²) in [6.45, 7) is 5.73. The lowest BCUT2D eigenvalue weighted by molar-refractivity contribution is -0.197. The molecule has 0 saturated carbocycles. The van der Waals surface area contributed by atoms with E-state index in [0.717, 1.165) is 51.3 Å². The number of benzene rings is 5. The minimum Gasteiger partial charge on any atom is -0.497 e. The maximum Gasteiger partial charge on any atom is 0.353 e. The Morgan fingerprint density at radius 1 is 0.774 bits per heavy atom. The Morgan fingerprint density at radius 2 is 1.38 bits per heavy atom. The predicted molar refractivity (Wildman–Crippen MR) is 321 cm³/mol. The number of amides is 4. The molecule has 0 radical (unpaired) electrons. The third kappa shape index (κ3) is 13.2. The van der Waals surface area contributed by atoms with Gasteiger partial charge in [-0.15, -0.1) is 5.06 Å². The number of hydrogen-bond donors (Lipinski definition) is 2. The summed E-state index contributed by atoms with van der Waals surface area (Å²) in [5, 5.41) is 1.82. The first-order valence-corrected chi connectivity index (χ1v) is 31.0. The van der Waals surface area contributed by atoms with Crippen LogP contribution < -0.4 is 33.9 Å². The fourth-order valence-corrected chi connectivity index (χ4v) is 13.9. The molecule has 1 saturated heterocycles. The number of nitrogens with one attached hydrogen (secondary N) is 1. The average Bonchev–Trinajstić information content (AvgIpc) is 4.23. The van der Waals surface area contributed by atoms with Gasteiger partial charge in [-0.3, -0.25) is 28.7 Å². The van der Waals surface area contributed by atoms with Crippen molar-refractivity contribution in [3.8, 4) is 28.7 Å². The topological polar surface area (TPSA) is 232 Å². The highest BCUT2D eigenvalue weighted by molar-refractivity contribution is 8.77. The fourth-order valence-electron chi connectivity index (χ4n) is 10.4. The summed E-state index contributed by atoms with van der Waals surface area (Å²) in [6.07, 6.45) is 7.08. The van der Waals surface area contributed by atoms with Gasteiger partial charge < -0.3 is 48.5 Å². The van der Waals surface area contributed by atoms with Crippen LogP contribution in [0.4, 0.5) is 17.1 Å². The number of nitrogens with zero attached hydrogens (tertiary/aromatic N) is 5. The lowest BCUT2D eigenvalue weighted by Crippen LogP contribution is -2.39. The largest absolute Gasteiger partial charge is 0.497 e. The maximum atomic E-state index is 14.3. The molecule has 5 aliphatic rings. The Bertz CT molecular complexity index is 3580. The van der Waals surface area contributed by atoms with Crippen molar-refractivity contribution in [2.75, 3.05) is 57.4 Å². The van der Waals surface area contributed by atoms with Crippen molar-refractivity contribution < 1.29 is 65.5 Å². The second kappa shape index (κ2) is 25.1. The highest BCUT2D eigenvalue weighted by atomic mass is 33.1. The molecule has 5 heterocycles. The van der Waals surface area contributed by atoms with Gasteiger partial charge in [-0.1, -0.05) is 64.1 Å². The van der Waals surface area contributed by atoms with Gasteiger partial charge in [0.1, 0.15) is 19.0 Å². The molecule has 5 aromatic rings. The lowest BCUT2D eigenvalue weighted by Gasteiger charge is -2.28. The second-order valence-electron chi connectivity index (χ2n) is 21.4. The number of anilines is 2. The zero-order valence-corrected chi connectivity index (χ0v) is 49.6. The molecule has 1 unspecified atom stereocenters. The molecule has 0 spiro atoms. The first-order valence-electron chi connectivity index (χ1n) is 27.2. The van der Waals surface area contributed by atoms with Crippen molar-refractivity contribution in [3.63, 3.8) is 0 Å². The number of methoxy groups -OCH3 is 3. The van der Waals surface area contributed by atoms with Crippen LogP contribution in [0.2, 0.25) is 0 Å². The van der Waals surface area contributed by atoms with Gasteiger partial charge in [0.2, 0.25) is 0 Å². The molecule has 5 aromatic carbocycles. The van der Waals surface area contributed by atoms with Gasteiger partial charge in [-0.2, -0.15) is 8.42 Å². The molecule has 2 N–H and O–H groups in total. The van der Waals surface area contributed by atoms with E-state index in [1.807, 2.05) is 92.4 Å². The van der Waals surface area contributed by atoms with Gasteiger partial charge in [-0.25, -0.2) is 4.79 Å². The van der Waals surface area contributed by atoms with Crippen LogP contribution in [-0.4, -0.2) is 133 Å². The van der Waals surface area contributed by atoms with E-state index >= 15 is 0 Å². The Kier molecular flexibility index (Phi) is 17.7. The molecular formula is C61H64N6O14S3. The van der Waals surface area contributed by atoms with E-state index in [9.17, 15) is 36.9 Å². The predicted octanol–water partition coefficient (Wildman–Crippen LogP) is 9.76. The van der Waals surface area contributed by atoms with E-state index in [0.29, 0.717) is 71.4 Å². The SMILES string of the molecule is COc1ccc(C2=CN3C(=O)c4cc(OC)c(OCc5cccc(COc6cc7c(cc6OC)C(=O)N6C=C(c8ccc(N(C)CCC(C)(C)SSCCC(C(=O)ON9C(=O)CCC9=O)S(=O)(=O)O)cc8)C[C@H]6CN7)c5)cc4N=C[C@@H]3C2)cc1. The van der Waals surface area contributed by atoms with E-state index in [2.05, 4.69) is 36.2 Å². The summed E-state index contributed by atoms with van der Waals surface area (Å²) >= 11 is 0. The Labute approximate surface area is 495 Å². The summed E-state index contributed by atoms with van der Waals surface area (Å²) in [7, 11) is 4.71. The van der Waals surface area contributed by atoms with Crippen molar-refractivity contribution in [2.24, 2.45) is 4.99 Å². The van der Waals surface area contributed by atoms with Crippen LogP contribution in [0.25, 0.3) is 11.1 Å². The molecule has 5 aliphatic heterocycles. The molecule has 0 aliphatic carbocycles. The zero-order chi connectivity index (χ0) is 59.5. The monoisotopic (exact) mass is 1200 g/mol. The molecule has 84 heavy (non-hydrogen) atoms. The number of carbonyl (C=O) groups excluding carboxylic acids is 5. The first kappa shape index (κ1) is 59.2. The minimum atomic E-state index is -4.86. The molecule has 440 valence electrons. The van der Waals surface area contributed by atoms with Gasteiger partial charge in [0, 0.05) is 86.3 Å². The summed E-state index contributed by atoms with van der Waals surface area (Å²) in [4.78, 5) is 79.7. The zero-order valence-electron chi connectivity index (χ0n) is 47.2. The number of aliphatic imine (C=N–C) groups is 1. The van der Waals surface area contributed by atoms with Crippen molar-refractivity contribution in [1.29, 1.82) is 0 Å². The Hall–Kier alpha value is -7.99. The quantitative estimate of drug-likeness (QED) is 0.0268. The van der Waals surface area contributed by atoms with E-state index in [1.165, 1.54) is 21.6 Å². The molecule has 10 rings (SSSR count). The highest BCUT2D eigenvalue weighted by Crippen LogP contribution is 2.43. The number of fused-ring (bicyclic) bond motifs is 4. The molecular weight excluding hydrogens is 1140 g/mol. The third-order valence-corrected chi connectivity index (χ3v) is 19.7. The number of imide groups is 1. The minimum absolute atomic E-state index is 0.130.